The van der Waals surface area contributed by atoms with Crippen molar-refractivity contribution in [3.8, 4) is 0 Å². The summed E-state index contributed by atoms with van der Waals surface area (Å²) in [5.74, 6) is -9.71. The molecule has 2 aromatic carbocycles. The summed E-state index contributed by atoms with van der Waals surface area (Å²) in [6, 6.07) is 6.17. The van der Waals surface area contributed by atoms with Gasteiger partial charge in [-0.2, -0.15) is 0 Å². The summed E-state index contributed by atoms with van der Waals surface area (Å²) in [4.78, 5) is -0.565. The summed E-state index contributed by atoms with van der Waals surface area (Å²) in [6.45, 7) is 0. The molecule has 0 N–H and O–H groups in total. The van der Waals surface area contributed by atoms with Crippen LogP contribution in [0.4, 0.5) is 22.0 Å². The summed E-state index contributed by atoms with van der Waals surface area (Å²) in [7, 11) is 0. The molecule has 2 rings (SSSR count). The molecule has 19 heavy (non-hydrogen) atoms. The molecule has 0 saturated carbocycles. The largest absolute Gasteiger partial charge is 0.202 e. The van der Waals surface area contributed by atoms with Gasteiger partial charge in [-0.1, -0.05) is 27.7 Å². The van der Waals surface area contributed by atoms with Gasteiger partial charge in [-0.3, -0.25) is 0 Å². The average molecular weight is 355 g/mol. The van der Waals surface area contributed by atoms with E-state index in [0.717, 1.165) is 4.47 Å². The summed E-state index contributed by atoms with van der Waals surface area (Å²) in [5, 5.41) is 0. The number of rotatable bonds is 2. The Labute approximate surface area is 117 Å². The Morgan fingerprint density at radius 1 is 0.684 bits per heavy atom. The molecule has 0 aromatic heterocycles. The molecular formula is C12H4BrF5S. The fraction of sp³-hybridized carbons (Fsp3) is 0. The second kappa shape index (κ2) is 5.50. The van der Waals surface area contributed by atoms with Gasteiger partial charge < -0.3 is 0 Å². The molecule has 0 fully saturated rings. The lowest BCUT2D eigenvalue weighted by Gasteiger charge is -2.07. The highest BCUT2D eigenvalue weighted by Gasteiger charge is 2.26. The Morgan fingerprint density at radius 2 is 1.11 bits per heavy atom. The molecule has 0 saturated heterocycles. The topological polar surface area (TPSA) is 0 Å². The van der Waals surface area contributed by atoms with Crippen molar-refractivity contribution in [2.45, 2.75) is 9.79 Å². The molecule has 2 aromatic rings. The van der Waals surface area contributed by atoms with E-state index in [9.17, 15) is 22.0 Å². The van der Waals surface area contributed by atoms with E-state index in [2.05, 4.69) is 15.9 Å². The Morgan fingerprint density at radius 3 is 1.58 bits per heavy atom. The van der Waals surface area contributed by atoms with Crippen LogP contribution in [0, 0.1) is 29.1 Å². The van der Waals surface area contributed by atoms with Crippen molar-refractivity contribution in [3.05, 3.63) is 57.8 Å². The number of hydrogen-bond acceptors (Lipinski definition) is 1. The Balaban J connectivity index is 2.48. The molecule has 0 aliphatic carbocycles. The molecule has 0 nitrogen and oxygen atoms in total. The summed E-state index contributed by atoms with van der Waals surface area (Å²) >= 11 is 3.63. The van der Waals surface area contributed by atoms with E-state index >= 15 is 0 Å². The summed E-state index contributed by atoms with van der Waals surface area (Å²) in [5.41, 5.74) is 0. The molecule has 0 aliphatic heterocycles. The SMILES string of the molecule is Fc1c(F)c(F)c(Sc2ccc(Br)cc2)c(F)c1F. The number of halogens is 6. The van der Waals surface area contributed by atoms with E-state index in [1.165, 1.54) is 12.1 Å². The molecule has 0 heterocycles. The van der Waals surface area contributed by atoms with Crippen molar-refractivity contribution in [2.24, 2.45) is 0 Å². The maximum absolute atomic E-state index is 13.4. The maximum atomic E-state index is 13.4. The van der Waals surface area contributed by atoms with Crippen LogP contribution in [0.15, 0.2) is 38.5 Å². The van der Waals surface area contributed by atoms with Crippen LogP contribution >= 0.6 is 27.7 Å². The van der Waals surface area contributed by atoms with Crippen LogP contribution < -0.4 is 0 Å². The van der Waals surface area contributed by atoms with E-state index in [-0.39, 0.29) is 0 Å². The minimum atomic E-state index is -2.16. The monoisotopic (exact) mass is 354 g/mol. The van der Waals surface area contributed by atoms with Crippen LogP contribution in [0.3, 0.4) is 0 Å². The van der Waals surface area contributed by atoms with Crippen LogP contribution in [0.25, 0.3) is 0 Å². The number of hydrogen-bond donors (Lipinski definition) is 0. The zero-order valence-corrected chi connectivity index (χ0v) is 11.4. The Hall–Kier alpha value is -1.08. The molecule has 7 heteroatoms. The Kier molecular flexibility index (Phi) is 4.15. The van der Waals surface area contributed by atoms with Crippen molar-refractivity contribution >= 4 is 27.7 Å². The molecular weight excluding hydrogens is 351 g/mol. The van der Waals surface area contributed by atoms with Gasteiger partial charge in [0.15, 0.2) is 23.3 Å². The highest BCUT2D eigenvalue weighted by Crippen LogP contribution is 2.35. The van der Waals surface area contributed by atoms with Gasteiger partial charge in [0.25, 0.3) is 0 Å². The lowest BCUT2D eigenvalue weighted by Crippen LogP contribution is -2.03. The molecule has 100 valence electrons. The minimum Gasteiger partial charge on any atom is -0.202 e. The molecule has 0 atom stereocenters. The van der Waals surface area contributed by atoms with Crippen molar-refractivity contribution in [3.63, 3.8) is 0 Å². The van der Waals surface area contributed by atoms with Crippen LogP contribution in [0.5, 0.6) is 0 Å². The third-order valence-corrected chi connectivity index (χ3v) is 3.80. The average Bonchev–Trinajstić information content (AvgIpc) is 2.41. The fourth-order valence-corrected chi connectivity index (χ4v) is 2.43. The first-order valence-corrected chi connectivity index (χ1v) is 6.47. The fourth-order valence-electron chi connectivity index (χ4n) is 1.29. The van der Waals surface area contributed by atoms with Crippen LogP contribution in [-0.4, -0.2) is 0 Å². The Bertz CT molecular complexity index is 598. The van der Waals surface area contributed by atoms with Gasteiger partial charge in [-0.15, -0.1) is 0 Å². The predicted octanol–water partition coefficient (Wildman–Crippen LogP) is 5.30. The van der Waals surface area contributed by atoms with Crippen LogP contribution in [0.2, 0.25) is 0 Å². The lowest BCUT2D eigenvalue weighted by atomic mass is 10.3. The van der Waals surface area contributed by atoms with Gasteiger partial charge >= 0.3 is 0 Å². The van der Waals surface area contributed by atoms with Crippen LogP contribution in [0.1, 0.15) is 0 Å². The van der Waals surface area contributed by atoms with Crippen molar-refractivity contribution < 1.29 is 22.0 Å². The highest BCUT2D eigenvalue weighted by molar-refractivity contribution is 9.10. The van der Waals surface area contributed by atoms with Gasteiger partial charge in [0.05, 0.1) is 4.90 Å². The molecule has 0 aliphatic rings. The van der Waals surface area contributed by atoms with Gasteiger partial charge in [-0.05, 0) is 24.3 Å². The van der Waals surface area contributed by atoms with Gasteiger partial charge in [0.2, 0.25) is 5.82 Å². The maximum Gasteiger partial charge on any atom is 0.200 e. The smallest absolute Gasteiger partial charge is 0.200 e. The van der Waals surface area contributed by atoms with Crippen LogP contribution in [-0.2, 0) is 0 Å². The summed E-state index contributed by atoms with van der Waals surface area (Å²) in [6.07, 6.45) is 0. The lowest BCUT2D eigenvalue weighted by molar-refractivity contribution is 0.361. The quantitative estimate of drug-likeness (QED) is 0.400. The third kappa shape index (κ3) is 2.76. The molecule has 0 bridgehead atoms. The zero-order chi connectivity index (χ0) is 14.2. The van der Waals surface area contributed by atoms with E-state index in [0.29, 0.717) is 16.7 Å². The van der Waals surface area contributed by atoms with Gasteiger partial charge in [0.1, 0.15) is 0 Å². The van der Waals surface area contributed by atoms with E-state index in [1.807, 2.05) is 0 Å². The first-order valence-electron chi connectivity index (χ1n) is 4.86. The minimum absolute atomic E-state index is 0.353. The third-order valence-electron chi connectivity index (χ3n) is 2.20. The number of benzene rings is 2. The normalized spacial score (nSPS) is 10.8. The van der Waals surface area contributed by atoms with Gasteiger partial charge in [-0.25, -0.2) is 22.0 Å². The molecule has 0 spiro atoms. The van der Waals surface area contributed by atoms with E-state index < -0.39 is 34.0 Å². The van der Waals surface area contributed by atoms with Crippen molar-refractivity contribution in [2.75, 3.05) is 0 Å². The van der Waals surface area contributed by atoms with E-state index in [4.69, 9.17) is 0 Å². The van der Waals surface area contributed by atoms with E-state index in [1.54, 1.807) is 12.1 Å². The highest BCUT2D eigenvalue weighted by atomic mass is 79.9. The van der Waals surface area contributed by atoms with Gasteiger partial charge in [0, 0.05) is 9.37 Å². The predicted molar refractivity (Wildman–Crippen MR) is 64.5 cm³/mol. The first kappa shape index (κ1) is 14.3. The second-order valence-corrected chi connectivity index (χ2v) is 5.45. The summed E-state index contributed by atoms with van der Waals surface area (Å²) < 4.78 is 66.4. The van der Waals surface area contributed by atoms with Crippen molar-refractivity contribution in [1.82, 2.24) is 0 Å². The zero-order valence-electron chi connectivity index (χ0n) is 8.99. The second-order valence-electron chi connectivity index (χ2n) is 3.46. The standard InChI is InChI=1S/C12H4BrF5S/c13-5-1-3-6(4-2-5)19-12-10(17)8(15)7(14)9(16)11(12)18/h1-4H. The first-order chi connectivity index (χ1) is 8.91. The molecule has 0 unspecified atom stereocenters. The van der Waals surface area contributed by atoms with Crippen molar-refractivity contribution in [1.29, 1.82) is 0 Å². The molecule has 0 radical (unpaired) electrons. The molecule has 0 amide bonds.